The van der Waals surface area contributed by atoms with Gasteiger partial charge in [0.15, 0.2) is 0 Å². The summed E-state index contributed by atoms with van der Waals surface area (Å²) in [5, 5.41) is 1.26. The van der Waals surface area contributed by atoms with Gasteiger partial charge < -0.3 is 4.98 Å². The Balaban J connectivity index is 1.49. The summed E-state index contributed by atoms with van der Waals surface area (Å²) < 4.78 is 27.4. The molecule has 0 aliphatic carbocycles. The van der Waals surface area contributed by atoms with E-state index in [9.17, 15) is 8.42 Å². The van der Waals surface area contributed by atoms with Crippen LogP contribution in [-0.2, 0) is 29.3 Å². The van der Waals surface area contributed by atoms with Crippen molar-refractivity contribution in [3.8, 4) is 0 Å². The summed E-state index contributed by atoms with van der Waals surface area (Å²) in [4.78, 5) is 5.93. The summed E-state index contributed by atoms with van der Waals surface area (Å²) in [6, 6.07) is 35.7. The van der Waals surface area contributed by atoms with Crippen LogP contribution in [0.25, 0.3) is 10.9 Å². The fourth-order valence-corrected chi connectivity index (χ4v) is 6.17. The van der Waals surface area contributed by atoms with Crippen molar-refractivity contribution in [2.24, 2.45) is 0 Å². The molecule has 0 atom stereocenters. The first kappa shape index (κ1) is 24.0. The quantitative estimate of drug-likeness (QED) is 0.253. The number of benzene rings is 4. The number of H-pyrrole nitrogens is 1. The zero-order valence-corrected chi connectivity index (χ0v) is 21.2. The molecule has 1 heterocycles. The highest BCUT2D eigenvalue weighted by atomic mass is 32.2. The Morgan fingerprint density at radius 3 is 1.86 bits per heavy atom. The number of para-hydroxylation sites is 1. The normalized spacial score (nSPS) is 11.8. The Morgan fingerprint density at radius 1 is 0.694 bits per heavy atom. The zero-order valence-electron chi connectivity index (χ0n) is 20.4. The Bertz CT molecular complexity index is 1500. The maximum Gasteiger partial charge on any atom is 0.222 e. The van der Waals surface area contributed by atoms with Crippen molar-refractivity contribution in [3.05, 3.63) is 131 Å². The van der Waals surface area contributed by atoms with Crippen LogP contribution in [-0.4, -0.2) is 24.8 Å². The highest BCUT2D eigenvalue weighted by molar-refractivity contribution is 7.91. The molecule has 0 aliphatic heterocycles. The van der Waals surface area contributed by atoms with Gasteiger partial charge in [0.25, 0.3) is 0 Å². The van der Waals surface area contributed by atoms with Gasteiger partial charge in [-0.15, -0.1) is 0 Å². The molecule has 0 spiro atoms. The van der Waals surface area contributed by atoms with Crippen molar-refractivity contribution in [1.82, 2.24) is 9.88 Å². The third kappa shape index (κ3) is 5.27. The second-order valence-electron chi connectivity index (χ2n) is 9.23. The average molecular weight is 495 g/mol. The van der Waals surface area contributed by atoms with Crippen molar-refractivity contribution in [2.75, 3.05) is 6.54 Å². The molecule has 0 saturated carbocycles. The Labute approximate surface area is 213 Å². The van der Waals surface area contributed by atoms with Gasteiger partial charge in [-0.1, -0.05) is 96.6 Å². The van der Waals surface area contributed by atoms with Gasteiger partial charge in [-0.05, 0) is 48.2 Å². The van der Waals surface area contributed by atoms with E-state index in [0.29, 0.717) is 16.3 Å². The van der Waals surface area contributed by atoms with Gasteiger partial charge in [0, 0.05) is 30.5 Å². The first-order valence-corrected chi connectivity index (χ1v) is 13.7. The van der Waals surface area contributed by atoms with E-state index < -0.39 is 9.84 Å². The van der Waals surface area contributed by atoms with E-state index in [-0.39, 0.29) is 0 Å². The van der Waals surface area contributed by atoms with Crippen LogP contribution >= 0.6 is 0 Å². The average Bonchev–Trinajstić information content (AvgIpc) is 3.28. The predicted octanol–water partition coefficient (Wildman–Crippen LogP) is 6.55. The lowest BCUT2D eigenvalue weighted by Crippen LogP contribution is -2.25. The number of hydrogen-bond donors (Lipinski definition) is 1. The second-order valence-corrected chi connectivity index (χ2v) is 11.1. The molecule has 0 amide bonds. The topological polar surface area (TPSA) is 53.2 Å². The summed E-state index contributed by atoms with van der Waals surface area (Å²) in [5.74, 6) is 0. The van der Waals surface area contributed by atoms with Crippen molar-refractivity contribution in [1.29, 1.82) is 0 Å². The first-order chi connectivity index (χ1) is 17.5. The van der Waals surface area contributed by atoms with Gasteiger partial charge in [-0.25, -0.2) is 8.42 Å². The molecule has 182 valence electrons. The van der Waals surface area contributed by atoms with Crippen LogP contribution in [0.15, 0.2) is 119 Å². The van der Waals surface area contributed by atoms with Crippen molar-refractivity contribution < 1.29 is 8.42 Å². The van der Waals surface area contributed by atoms with Gasteiger partial charge in [-0.3, -0.25) is 4.90 Å². The van der Waals surface area contributed by atoms with Crippen LogP contribution in [0.4, 0.5) is 0 Å². The number of nitrogens with one attached hydrogen (secondary N) is 1. The Kier molecular flexibility index (Phi) is 7.03. The van der Waals surface area contributed by atoms with E-state index in [2.05, 4.69) is 58.4 Å². The van der Waals surface area contributed by atoms with Crippen molar-refractivity contribution in [3.63, 3.8) is 0 Å². The molecule has 0 unspecified atom stereocenters. The summed E-state index contributed by atoms with van der Waals surface area (Å²) in [6.07, 6.45) is 0.615. The molecular weight excluding hydrogens is 464 g/mol. The number of nitrogens with zero attached hydrogens (tertiary/aromatic N) is 1. The standard InChI is InChI=1S/C31H30N2O2S/c1-24-16-18-27(19-17-24)36(34,35)31-29(28-14-8-9-15-30(28)32-31)20-21-33(22-25-10-4-2-5-11-25)23-26-12-6-3-7-13-26/h2-19,32H,20-23H2,1H3. The number of hydrogen-bond acceptors (Lipinski definition) is 3. The summed E-state index contributed by atoms with van der Waals surface area (Å²) >= 11 is 0. The molecule has 5 rings (SSSR count). The molecule has 4 nitrogen and oxygen atoms in total. The highest BCUT2D eigenvalue weighted by Gasteiger charge is 2.25. The van der Waals surface area contributed by atoms with Gasteiger partial charge in [-0.2, -0.15) is 0 Å². The van der Waals surface area contributed by atoms with Crippen LogP contribution in [0.5, 0.6) is 0 Å². The summed E-state index contributed by atoms with van der Waals surface area (Å²) in [5.41, 5.74) is 5.19. The van der Waals surface area contributed by atoms with Crippen LogP contribution in [0, 0.1) is 6.92 Å². The third-order valence-electron chi connectivity index (χ3n) is 6.55. The number of aryl methyl sites for hydroxylation is 1. The minimum Gasteiger partial charge on any atom is -0.345 e. The van der Waals surface area contributed by atoms with E-state index >= 15 is 0 Å². The lowest BCUT2D eigenvalue weighted by Gasteiger charge is -2.23. The maximum atomic E-state index is 13.7. The molecule has 5 heteroatoms. The molecule has 4 aromatic carbocycles. The first-order valence-electron chi connectivity index (χ1n) is 12.2. The van der Waals surface area contributed by atoms with Crippen molar-refractivity contribution in [2.45, 2.75) is 36.4 Å². The van der Waals surface area contributed by atoms with E-state index in [1.54, 1.807) is 12.1 Å². The smallest absolute Gasteiger partial charge is 0.222 e. The molecule has 36 heavy (non-hydrogen) atoms. The Morgan fingerprint density at radius 2 is 1.25 bits per heavy atom. The number of aromatic nitrogens is 1. The van der Waals surface area contributed by atoms with Gasteiger partial charge >= 0.3 is 0 Å². The fourth-order valence-electron chi connectivity index (χ4n) is 4.66. The van der Waals surface area contributed by atoms with E-state index in [1.807, 2.05) is 55.5 Å². The lowest BCUT2D eigenvalue weighted by molar-refractivity contribution is 0.260. The predicted molar refractivity (Wildman–Crippen MR) is 146 cm³/mol. The number of sulfone groups is 1. The molecule has 5 aromatic rings. The van der Waals surface area contributed by atoms with E-state index in [4.69, 9.17) is 0 Å². The van der Waals surface area contributed by atoms with Gasteiger partial charge in [0.2, 0.25) is 9.84 Å². The van der Waals surface area contributed by atoms with Crippen LogP contribution < -0.4 is 0 Å². The summed E-state index contributed by atoms with van der Waals surface area (Å²) in [7, 11) is -3.69. The number of fused-ring (bicyclic) bond motifs is 1. The molecule has 0 bridgehead atoms. The molecule has 1 aromatic heterocycles. The molecular formula is C31H30N2O2S. The largest absolute Gasteiger partial charge is 0.345 e. The van der Waals surface area contributed by atoms with Crippen LogP contribution in [0.2, 0.25) is 0 Å². The second kappa shape index (κ2) is 10.5. The SMILES string of the molecule is Cc1ccc(S(=O)(=O)c2[nH]c3ccccc3c2CCN(Cc2ccccc2)Cc2ccccc2)cc1. The monoisotopic (exact) mass is 494 g/mol. The number of rotatable bonds is 9. The fraction of sp³-hybridized carbons (Fsp3) is 0.161. The zero-order chi connectivity index (χ0) is 25.0. The molecule has 0 aliphatic rings. The minimum absolute atomic E-state index is 0.298. The van der Waals surface area contributed by atoms with Gasteiger partial charge in [0.05, 0.1) is 4.90 Å². The van der Waals surface area contributed by atoms with Crippen LogP contribution in [0.1, 0.15) is 22.3 Å². The third-order valence-corrected chi connectivity index (χ3v) is 8.33. The highest BCUT2D eigenvalue weighted by Crippen LogP contribution is 2.31. The Hall–Kier alpha value is -3.67. The van der Waals surface area contributed by atoms with Crippen LogP contribution in [0.3, 0.4) is 0 Å². The molecule has 1 N–H and O–H groups in total. The van der Waals surface area contributed by atoms with Gasteiger partial charge in [0.1, 0.15) is 5.03 Å². The summed E-state index contributed by atoms with van der Waals surface area (Å²) in [6.45, 7) is 4.26. The number of aromatic amines is 1. The molecule has 0 fully saturated rings. The molecule has 0 saturated heterocycles. The maximum absolute atomic E-state index is 13.7. The lowest BCUT2D eigenvalue weighted by atomic mass is 10.1. The molecule has 0 radical (unpaired) electrons. The van der Waals surface area contributed by atoms with Crippen molar-refractivity contribution >= 4 is 20.7 Å². The minimum atomic E-state index is -3.69. The van der Waals surface area contributed by atoms with E-state index in [1.165, 1.54) is 11.1 Å². The van der Waals surface area contributed by atoms with E-state index in [0.717, 1.165) is 41.7 Å².